The van der Waals surface area contributed by atoms with E-state index in [0.29, 0.717) is 39.2 Å². The SMILES string of the molecule is N#Cc1ccc2c(c1)c1cc(C#N)ccc1n2-c1cc(-c2cc(-c3ccccc3)nc(-c3ccccc3)c2)c(-n2c3ccc(C#N)cc3c3cc(C#N)ccc32)cc1C#N. The van der Waals surface area contributed by atoms with Crippen LogP contribution in [0, 0.1) is 56.7 Å². The molecular formula is C52H26N8. The van der Waals surface area contributed by atoms with Gasteiger partial charge in [-0.1, -0.05) is 60.7 Å². The fourth-order valence-corrected chi connectivity index (χ4v) is 8.31. The number of aromatic nitrogens is 3. The number of nitriles is 5. The molecule has 0 unspecified atom stereocenters. The molecule has 0 aliphatic carbocycles. The third-order valence-electron chi connectivity index (χ3n) is 11.0. The summed E-state index contributed by atoms with van der Waals surface area (Å²) in [7, 11) is 0. The van der Waals surface area contributed by atoms with E-state index in [4.69, 9.17) is 4.98 Å². The Morgan fingerprint density at radius 1 is 0.350 bits per heavy atom. The van der Waals surface area contributed by atoms with E-state index in [1.807, 2.05) is 126 Å². The highest BCUT2D eigenvalue weighted by molar-refractivity contribution is 6.12. The van der Waals surface area contributed by atoms with Crippen LogP contribution in [0.3, 0.4) is 0 Å². The zero-order chi connectivity index (χ0) is 40.9. The summed E-state index contributed by atoms with van der Waals surface area (Å²) >= 11 is 0. The first-order valence-corrected chi connectivity index (χ1v) is 19.0. The normalized spacial score (nSPS) is 10.9. The van der Waals surface area contributed by atoms with E-state index < -0.39 is 0 Å². The Morgan fingerprint density at radius 3 is 1.10 bits per heavy atom. The van der Waals surface area contributed by atoms with Gasteiger partial charge in [0.1, 0.15) is 6.07 Å². The smallest absolute Gasteiger partial charge is 0.101 e. The van der Waals surface area contributed by atoms with Crippen molar-refractivity contribution in [2.45, 2.75) is 0 Å². The molecule has 0 atom stereocenters. The summed E-state index contributed by atoms with van der Waals surface area (Å²) in [4.78, 5) is 5.17. The molecule has 8 nitrogen and oxygen atoms in total. The van der Waals surface area contributed by atoms with Gasteiger partial charge in [0.15, 0.2) is 0 Å². The fraction of sp³-hybridized carbons (Fsp3) is 0. The predicted molar refractivity (Wildman–Crippen MR) is 233 cm³/mol. The van der Waals surface area contributed by atoms with Crippen molar-refractivity contribution >= 4 is 43.6 Å². The van der Waals surface area contributed by atoms with E-state index >= 15 is 0 Å². The van der Waals surface area contributed by atoms with Crippen LogP contribution < -0.4 is 0 Å². The van der Waals surface area contributed by atoms with Gasteiger partial charge in [-0.15, -0.1) is 0 Å². The lowest BCUT2D eigenvalue weighted by molar-refractivity contribution is 1.13. The van der Waals surface area contributed by atoms with Crippen molar-refractivity contribution in [3.8, 4) is 75.4 Å². The Balaban J connectivity index is 1.37. The Labute approximate surface area is 343 Å². The Hall–Kier alpha value is -9.26. The van der Waals surface area contributed by atoms with Crippen molar-refractivity contribution < 1.29 is 0 Å². The second-order valence-corrected chi connectivity index (χ2v) is 14.4. The first-order valence-electron chi connectivity index (χ1n) is 19.0. The molecule has 0 saturated carbocycles. The van der Waals surface area contributed by atoms with Gasteiger partial charge >= 0.3 is 0 Å². The van der Waals surface area contributed by atoms with Crippen molar-refractivity contribution in [2.24, 2.45) is 0 Å². The lowest BCUT2D eigenvalue weighted by Gasteiger charge is -2.20. The molecule has 60 heavy (non-hydrogen) atoms. The number of pyridine rings is 1. The van der Waals surface area contributed by atoms with E-state index in [0.717, 1.165) is 77.3 Å². The standard InChI is InChI=1S/C52H26N8/c53-27-32-11-15-47-41(19-32)42-20-33(28-54)12-16-48(42)59(47)51-26-40(38-23-45(36-7-3-1-4-8-36)58-46(24-38)37-9-5-2-6-10-37)52(25-39(51)31-57)60-49-17-13-34(29-55)21-43(49)44-22-35(30-56)14-18-50(44)60/h1-26H. The number of nitrogens with zero attached hydrogens (tertiary/aromatic N) is 8. The van der Waals surface area contributed by atoms with Gasteiger partial charge in [0.25, 0.3) is 0 Å². The number of fused-ring (bicyclic) bond motifs is 6. The molecule has 0 spiro atoms. The van der Waals surface area contributed by atoms with Gasteiger partial charge in [-0.05, 0) is 103 Å². The van der Waals surface area contributed by atoms with Crippen molar-refractivity contribution in [3.05, 3.63) is 186 Å². The topological polar surface area (TPSA) is 142 Å². The Kier molecular flexibility index (Phi) is 8.23. The van der Waals surface area contributed by atoms with E-state index in [1.54, 1.807) is 24.3 Å². The number of rotatable bonds is 5. The van der Waals surface area contributed by atoms with Gasteiger partial charge in [0, 0.05) is 38.2 Å². The molecule has 0 fully saturated rings. The summed E-state index contributed by atoms with van der Waals surface area (Å²) in [5, 5.41) is 53.9. The van der Waals surface area contributed by atoms with Gasteiger partial charge in [0.2, 0.25) is 0 Å². The largest absolute Gasteiger partial charge is 0.309 e. The molecule has 0 bridgehead atoms. The quantitative estimate of drug-likeness (QED) is 0.171. The Bertz CT molecular complexity index is 3450. The maximum Gasteiger partial charge on any atom is 0.101 e. The molecule has 7 aromatic carbocycles. The summed E-state index contributed by atoms with van der Waals surface area (Å²) < 4.78 is 4.13. The van der Waals surface area contributed by atoms with Crippen LogP contribution in [0.5, 0.6) is 0 Å². The lowest BCUT2D eigenvalue weighted by Crippen LogP contribution is -2.04. The number of hydrogen-bond donors (Lipinski definition) is 0. The summed E-state index contributed by atoms with van der Waals surface area (Å²) in [5.74, 6) is 0. The third kappa shape index (κ3) is 5.61. The highest BCUT2D eigenvalue weighted by Gasteiger charge is 2.23. The van der Waals surface area contributed by atoms with E-state index in [2.05, 4.69) is 47.0 Å². The zero-order valence-corrected chi connectivity index (χ0v) is 31.6. The second kappa shape index (κ2) is 14.0. The molecule has 10 rings (SSSR count). The summed E-state index contributed by atoms with van der Waals surface area (Å²) in [6.45, 7) is 0. The van der Waals surface area contributed by atoms with E-state index in [-0.39, 0.29) is 0 Å². The summed E-state index contributed by atoms with van der Waals surface area (Å²) in [6.07, 6.45) is 0. The van der Waals surface area contributed by atoms with Gasteiger partial charge in [0.05, 0.1) is 96.9 Å². The summed E-state index contributed by atoms with van der Waals surface area (Å²) in [6, 6.07) is 61.6. The average molecular weight is 763 g/mol. The molecule has 0 saturated heterocycles. The molecule has 274 valence electrons. The van der Waals surface area contributed by atoms with Crippen LogP contribution in [0.25, 0.3) is 88.6 Å². The van der Waals surface area contributed by atoms with Crippen LogP contribution in [-0.4, -0.2) is 14.1 Å². The molecule has 3 heterocycles. The van der Waals surface area contributed by atoms with Crippen LogP contribution in [0.2, 0.25) is 0 Å². The van der Waals surface area contributed by atoms with Crippen molar-refractivity contribution in [3.63, 3.8) is 0 Å². The fourth-order valence-electron chi connectivity index (χ4n) is 8.31. The molecule has 0 radical (unpaired) electrons. The van der Waals surface area contributed by atoms with Crippen molar-refractivity contribution in [1.82, 2.24) is 14.1 Å². The van der Waals surface area contributed by atoms with Crippen LogP contribution >= 0.6 is 0 Å². The molecule has 10 aromatic rings. The van der Waals surface area contributed by atoms with Gasteiger partial charge < -0.3 is 9.13 Å². The minimum atomic E-state index is 0.374. The maximum absolute atomic E-state index is 11.1. The number of hydrogen-bond acceptors (Lipinski definition) is 6. The molecule has 0 aliphatic heterocycles. The van der Waals surface area contributed by atoms with Gasteiger partial charge in [-0.3, -0.25) is 0 Å². The Morgan fingerprint density at radius 2 is 0.733 bits per heavy atom. The van der Waals surface area contributed by atoms with Crippen LogP contribution in [0.15, 0.2) is 158 Å². The van der Waals surface area contributed by atoms with Crippen LogP contribution in [0.4, 0.5) is 0 Å². The highest BCUT2D eigenvalue weighted by atomic mass is 15.0. The zero-order valence-electron chi connectivity index (χ0n) is 31.6. The third-order valence-corrected chi connectivity index (χ3v) is 11.0. The second-order valence-electron chi connectivity index (χ2n) is 14.4. The lowest BCUT2D eigenvalue weighted by atomic mass is 9.96. The monoisotopic (exact) mass is 762 g/mol. The van der Waals surface area contributed by atoms with Crippen molar-refractivity contribution in [1.29, 1.82) is 26.3 Å². The summed E-state index contributed by atoms with van der Waals surface area (Å²) in [5.41, 5.74) is 11.7. The number of benzene rings is 7. The molecule has 0 amide bonds. The van der Waals surface area contributed by atoms with E-state index in [1.165, 1.54) is 0 Å². The van der Waals surface area contributed by atoms with Crippen LogP contribution in [-0.2, 0) is 0 Å². The van der Waals surface area contributed by atoms with E-state index in [9.17, 15) is 26.3 Å². The van der Waals surface area contributed by atoms with Gasteiger partial charge in [-0.25, -0.2) is 4.98 Å². The van der Waals surface area contributed by atoms with Crippen LogP contribution in [0.1, 0.15) is 27.8 Å². The molecule has 0 N–H and O–H groups in total. The average Bonchev–Trinajstić information content (AvgIpc) is 3.82. The minimum absolute atomic E-state index is 0.374. The van der Waals surface area contributed by atoms with Crippen molar-refractivity contribution in [2.75, 3.05) is 0 Å². The molecule has 3 aromatic heterocycles. The minimum Gasteiger partial charge on any atom is -0.309 e. The molecule has 0 aliphatic rings. The predicted octanol–water partition coefficient (Wildman–Crippen LogP) is 11.6. The highest BCUT2D eigenvalue weighted by Crippen LogP contribution is 2.42. The maximum atomic E-state index is 11.1. The molecular weight excluding hydrogens is 737 g/mol. The van der Waals surface area contributed by atoms with Gasteiger partial charge in [-0.2, -0.15) is 26.3 Å². The first-order chi connectivity index (χ1) is 29.5. The molecule has 8 heteroatoms. The first kappa shape index (κ1) is 35.2.